The highest BCUT2D eigenvalue weighted by Gasteiger charge is 2.28. The Hall–Kier alpha value is -2.33. The third kappa shape index (κ3) is 32.5. The van der Waals surface area contributed by atoms with Gasteiger partial charge in [0.1, 0.15) is 5.78 Å². The number of fused-ring (bicyclic) bond motifs is 1. The van der Waals surface area contributed by atoms with E-state index in [1.54, 1.807) is 11.3 Å². The first-order valence-electron chi connectivity index (χ1n) is 28.1. The lowest BCUT2D eigenvalue weighted by Gasteiger charge is -2.27. The van der Waals surface area contributed by atoms with Crippen molar-refractivity contribution in [3.05, 3.63) is 45.2 Å². The summed E-state index contributed by atoms with van der Waals surface area (Å²) in [6, 6.07) is 0. The van der Waals surface area contributed by atoms with Gasteiger partial charge in [0.25, 0.3) is 5.91 Å². The maximum Gasteiger partial charge on any atom is 0.308 e. The molecule has 2 rings (SSSR count). The van der Waals surface area contributed by atoms with Gasteiger partial charge in [-0.1, -0.05) is 168 Å². The average molecular weight is 973 g/mol. The summed E-state index contributed by atoms with van der Waals surface area (Å²) in [5, 5.41) is 3.20. The fourth-order valence-electron chi connectivity index (χ4n) is 9.13. The number of nitrogens with one attached hydrogen (secondary N) is 1. The lowest BCUT2D eigenvalue weighted by atomic mass is 9.94. The molecular weight excluding hydrogens is 863 g/mol. The lowest BCUT2D eigenvalue weighted by Crippen LogP contribution is -2.33. The SMILES string of the molecule is C.CCCCC/C=C\C/C=C\CCCCCCCC(=O)CCc1sc2c(c1C(=O)NCCCN(C)C)CCN(COCCCCCCOC(=O)C(CCCCCCCC)CCCCCCCC)C2.[HH]. The van der Waals surface area contributed by atoms with Crippen molar-refractivity contribution in [3.8, 4) is 0 Å². The van der Waals surface area contributed by atoms with Crippen LogP contribution in [0.15, 0.2) is 24.3 Å². The zero-order chi connectivity index (χ0) is 48.4. The minimum atomic E-state index is 0. The number of allylic oxidation sites excluding steroid dienone is 4. The van der Waals surface area contributed by atoms with E-state index in [2.05, 4.69) is 74.3 Å². The standard InChI is InChI=1S/C58H103N3O5S.CH4.H2/c1-6-9-12-15-18-19-20-21-22-23-24-25-26-29-34-40-52(62)41-42-54-56(57(63)59-44-37-45-60(4)5)53-43-46-61(49-55(53)67-54)50-65-47-35-30-31-36-48-66-58(64)51(38-32-27-16-13-10-7-2)39-33-28-17-14-11-8-3;;/h18-19,21-22,51H,6-17,20,23-50H2,1-5H3,(H,59,63);1H4;1H/b19-18-,22-21-;;. The van der Waals surface area contributed by atoms with Crippen molar-refractivity contribution in [1.82, 2.24) is 15.1 Å². The molecule has 68 heavy (non-hydrogen) atoms. The molecular formula is C59H109N3O5S. The van der Waals surface area contributed by atoms with Gasteiger partial charge in [0.2, 0.25) is 0 Å². The number of Topliss-reactive ketones (excluding diaryl/α,β-unsaturated/α-hetero) is 1. The number of nitrogens with zero attached hydrogens (tertiary/aromatic N) is 2. The second-order valence-electron chi connectivity index (χ2n) is 20.0. The van der Waals surface area contributed by atoms with Crippen LogP contribution >= 0.6 is 11.3 Å². The number of esters is 1. The number of aryl methyl sites for hydroxylation is 1. The molecule has 9 heteroatoms. The normalized spacial score (nSPS) is 13.0. The van der Waals surface area contributed by atoms with Crippen LogP contribution in [0.25, 0.3) is 0 Å². The Morgan fingerprint density at radius 1 is 0.691 bits per heavy atom. The summed E-state index contributed by atoms with van der Waals surface area (Å²) in [6.45, 7) is 11.8. The van der Waals surface area contributed by atoms with Gasteiger partial charge < -0.3 is 19.7 Å². The van der Waals surface area contributed by atoms with Crippen LogP contribution in [0, 0.1) is 5.92 Å². The van der Waals surface area contributed by atoms with Crippen molar-refractivity contribution in [2.75, 3.05) is 53.7 Å². The van der Waals surface area contributed by atoms with E-state index in [9.17, 15) is 14.4 Å². The van der Waals surface area contributed by atoms with E-state index in [0.717, 1.165) is 127 Å². The van der Waals surface area contributed by atoms with Gasteiger partial charge in [-0.3, -0.25) is 19.3 Å². The topological polar surface area (TPSA) is 88.2 Å². The van der Waals surface area contributed by atoms with Gasteiger partial charge >= 0.3 is 5.97 Å². The molecule has 1 aromatic heterocycles. The highest BCUT2D eigenvalue weighted by Crippen LogP contribution is 2.34. The largest absolute Gasteiger partial charge is 0.465 e. The van der Waals surface area contributed by atoms with E-state index in [-0.39, 0.29) is 26.6 Å². The molecule has 1 N–H and O–H groups in total. The summed E-state index contributed by atoms with van der Waals surface area (Å²) < 4.78 is 12.0. The van der Waals surface area contributed by atoms with Crippen molar-refractivity contribution in [2.45, 2.75) is 253 Å². The van der Waals surface area contributed by atoms with Crippen LogP contribution < -0.4 is 5.32 Å². The smallest absolute Gasteiger partial charge is 0.308 e. The first-order chi connectivity index (χ1) is 32.8. The molecule has 396 valence electrons. The molecule has 0 saturated heterocycles. The minimum Gasteiger partial charge on any atom is -0.465 e. The number of carbonyl (C=O) groups excluding carboxylic acids is 3. The highest BCUT2D eigenvalue weighted by molar-refractivity contribution is 7.12. The molecule has 0 spiro atoms. The van der Waals surface area contributed by atoms with E-state index in [1.807, 2.05) is 0 Å². The first kappa shape index (κ1) is 63.7. The van der Waals surface area contributed by atoms with E-state index >= 15 is 0 Å². The van der Waals surface area contributed by atoms with Gasteiger partial charge in [-0.25, -0.2) is 0 Å². The van der Waals surface area contributed by atoms with Gasteiger partial charge in [0.05, 0.1) is 24.8 Å². The first-order valence-corrected chi connectivity index (χ1v) is 29.0. The third-order valence-corrected chi connectivity index (χ3v) is 14.7. The Bertz CT molecular complexity index is 1430. The van der Waals surface area contributed by atoms with Crippen LogP contribution in [0.1, 0.15) is 261 Å². The predicted octanol–water partition coefficient (Wildman–Crippen LogP) is 16.2. The Morgan fingerprint density at radius 2 is 1.25 bits per heavy atom. The number of thiophene rings is 1. The molecule has 8 nitrogen and oxygen atoms in total. The fraction of sp³-hybridized carbons (Fsp3) is 0.814. The van der Waals surface area contributed by atoms with Crippen LogP contribution in [-0.4, -0.2) is 81.1 Å². The van der Waals surface area contributed by atoms with E-state index < -0.39 is 0 Å². The Labute approximate surface area is 425 Å². The summed E-state index contributed by atoms with van der Waals surface area (Å²) in [7, 11) is 4.12. The minimum absolute atomic E-state index is 0. The van der Waals surface area contributed by atoms with E-state index in [1.165, 1.54) is 120 Å². The molecule has 0 atom stereocenters. The number of ketones is 1. The van der Waals surface area contributed by atoms with Crippen molar-refractivity contribution in [2.24, 2.45) is 5.92 Å². The van der Waals surface area contributed by atoms with Crippen molar-refractivity contribution >= 4 is 29.0 Å². The van der Waals surface area contributed by atoms with Crippen LogP contribution in [-0.2, 0) is 38.4 Å². The van der Waals surface area contributed by atoms with Gasteiger partial charge in [-0.05, 0) is 116 Å². The predicted molar refractivity (Wildman–Crippen MR) is 295 cm³/mol. The fourth-order valence-corrected chi connectivity index (χ4v) is 10.5. The number of ether oxygens (including phenoxy) is 2. The third-order valence-electron chi connectivity index (χ3n) is 13.4. The molecule has 0 radical (unpaired) electrons. The molecule has 0 fully saturated rings. The quantitative estimate of drug-likeness (QED) is 0.0395. The number of hydrogen-bond acceptors (Lipinski definition) is 8. The van der Waals surface area contributed by atoms with Gasteiger partial charge in [-0.2, -0.15) is 0 Å². The van der Waals surface area contributed by atoms with Gasteiger partial charge in [0.15, 0.2) is 0 Å². The van der Waals surface area contributed by atoms with Crippen molar-refractivity contribution in [3.63, 3.8) is 0 Å². The summed E-state index contributed by atoms with van der Waals surface area (Å²) in [6.07, 6.45) is 46.8. The zero-order valence-corrected chi connectivity index (χ0v) is 45.0. The number of hydrogen-bond donors (Lipinski definition) is 1. The average Bonchev–Trinajstić information content (AvgIpc) is 3.69. The van der Waals surface area contributed by atoms with Gasteiger partial charge in [-0.15, -0.1) is 11.3 Å². The maximum absolute atomic E-state index is 13.7. The van der Waals surface area contributed by atoms with Crippen molar-refractivity contribution < 1.29 is 25.3 Å². The van der Waals surface area contributed by atoms with Crippen LogP contribution in [0.3, 0.4) is 0 Å². The molecule has 0 unspecified atom stereocenters. The molecule has 0 saturated carbocycles. The van der Waals surface area contributed by atoms with E-state index in [0.29, 0.717) is 44.9 Å². The van der Waals surface area contributed by atoms with Crippen LogP contribution in [0.4, 0.5) is 0 Å². The lowest BCUT2D eigenvalue weighted by molar-refractivity contribution is -0.149. The van der Waals surface area contributed by atoms with Crippen LogP contribution in [0.2, 0.25) is 0 Å². The molecule has 1 aromatic rings. The number of unbranched alkanes of at least 4 members (excludes halogenated alkanes) is 21. The monoisotopic (exact) mass is 972 g/mol. The second kappa shape index (κ2) is 44.6. The maximum atomic E-state index is 13.7. The summed E-state index contributed by atoms with van der Waals surface area (Å²) >= 11 is 1.74. The van der Waals surface area contributed by atoms with E-state index in [4.69, 9.17) is 9.47 Å². The second-order valence-corrected chi connectivity index (χ2v) is 21.2. The number of carbonyl (C=O) groups is 3. The molecule has 1 aliphatic heterocycles. The molecule has 1 aliphatic rings. The summed E-state index contributed by atoms with van der Waals surface area (Å²) in [5.74, 6) is 0.445. The summed E-state index contributed by atoms with van der Waals surface area (Å²) in [4.78, 5) is 46.7. The molecule has 1 amide bonds. The number of amides is 1. The molecule has 0 aromatic carbocycles. The number of rotatable bonds is 46. The Balaban J connectivity index is 0.0000231. The van der Waals surface area contributed by atoms with Crippen molar-refractivity contribution in [1.29, 1.82) is 0 Å². The Morgan fingerprint density at radius 3 is 1.90 bits per heavy atom. The molecule has 2 heterocycles. The van der Waals surface area contributed by atoms with Gasteiger partial charge in [0, 0.05) is 50.3 Å². The summed E-state index contributed by atoms with van der Waals surface area (Å²) in [5.41, 5.74) is 2.02. The molecule has 0 bridgehead atoms. The molecule has 0 aliphatic carbocycles. The Kier molecular flexibility index (Phi) is 41.8. The van der Waals surface area contributed by atoms with Crippen LogP contribution in [0.5, 0.6) is 0 Å². The zero-order valence-electron chi connectivity index (χ0n) is 44.2. The highest BCUT2D eigenvalue weighted by atomic mass is 32.1.